The molecule has 0 unspecified atom stereocenters. The van der Waals surface area contributed by atoms with Crippen molar-refractivity contribution in [3.63, 3.8) is 0 Å². The molecular weight excluding hydrogens is 350 g/mol. The smallest absolute Gasteiger partial charge is 0.279 e. The lowest BCUT2D eigenvalue weighted by Gasteiger charge is -2.28. The predicted octanol–water partition coefficient (Wildman–Crippen LogP) is 0.521. The Balaban J connectivity index is 1.36. The molecule has 0 bridgehead atoms. The molecule has 1 saturated heterocycles. The van der Waals surface area contributed by atoms with Crippen molar-refractivity contribution in [2.24, 2.45) is 0 Å². The van der Waals surface area contributed by atoms with Crippen molar-refractivity contribution in [3.8, 4) is 5.75 Å². The second-order valence-corrected chi connectivity index (χ2v) is 7.20. The van der Waals surface area contributed by atoms with Crippen LogP contribution in [-0.2, 0) is 4.79 Å². The fraction of sp³-hybridized carbons (Fsp3) is 0.348. The predicted molar refractivity (Wildman–Crippen MR) is 113 cm³/mol. The quantitative estimate of drug-likeness (QED) is 0.624. The Hall–Kier alpha value is -2.63. The summed E-state index contributed by atoms with van der Waals surface area (Å²) in [5.74, 6) is 0.901. The summed E-state index contributed by atoms with van der Waals surface area (Å²) in [5.41, 5.74) is 2.07. The van der Waals surface area contributed by atoms with Crippen LogP contribution < -0.4 is 19.9 Å². The normalized spacial score (nSPS) is 19.5. The van der Waals surface area contributed by atoms with Gasteiger partial charge < -0.3 is 19.9 Å². The van der Waals surface area contributed by atoms with Crippen molar-refractivity contribution in [3.05, 3.63) is 66.2 Å². The third kappa shape index (κ3) is 6.51. The Morgan fingerprint density at radius 2 is 1.68 bits per heavy atom. The monoisotopic (exact) mass is 381 g/mol. The van der Waals surface area contributed by atoms with Crippen LogP contribution in [0.2, 0.25) is 0 Å². The SMILES string of the molecule is CCOc1ccc(NC(=O)C[NH+]2CC[NH+](C/C=C/c3ccccc3)CC2)cc1. The first-order chi connectivity index (χ1) is 13.7. The van der Waals surface area contributed by atoms with Crippen molar-refractivity contribution in [2.75, 3.05) is 51.2 Å². The van der Waals surface area contributed by atoms with Crippen molar-refractivity contribution in [1.29, 1.82) is 0 Å². The third-order valence-corrected chi connectivity index (χ3v) is 5.04. The molecule has 28 heavy (non-hydrogen) atoms. The minimum atomic E-state index is 0.0755. The number of anilines is 1. The van der Waals surface area contributed by atoms with Crippen LogP contribution in [0.1, 0.15) is 12.5 Å². The molecule has 0 atom stereocenters. The highest BCUT2D eigenvalue weighted by Crippen LogP contribution is 2.15. The number of hydrogen-bond acceptors (Lipinski definition) is 2. The summed E-state index contributed by atoms with van der Waals surface area (Å²) >= 11 is 0. The number of piperazine rings is 1. The molecule has 1 amide bonds. The zero-order chi connectivity index (χ0) is 19.6. The zero-order valence-electron chi connectivity index (χ0n) is 16.6. The molecule has 1 heterocycles. The molecule has 0 spiro atoms. The summed E-state index contributed by atoms with van der Waals surface area (Å²) in [4.78, 5) is 15.3. The van der Waals surface area contributed by atoms with E-state index in [1.807, 2.05) is 37.3 Å². The number of rotatable bonds is 8. The van der Waals surface area contributed by atoms with Crippen molar-refractivity contribution >= 4 is 17.7 Å². The zero-order valence-corrected chi connectivity index (χ0v) is 16.6. The number of nitrogens with one attached hydrogen (secondary N) is 3. The van der Waals surface area contributed by atoms with Gasteiger partial charge in [0.2, 0.25) is 0 Å². The molecule has 3 rings (SSSR count). The molecule has 5 heteroatoms. The van der Waals surface area contributed by atoms with Gasteiger partial charge in [-0.05, 0) is 42.8 Å². The molecule has 0 radical (unpaired) electrons. The van der Waals surface area contributed by atoms with E-state index in [1.54, 1.807) is 4.90 Å². The summed E-state index contributed by atoms with van der Waals surface area (Å²) < 4.78 is 5.43. The first-order valence-electron chi connectivity index (χ1n) is 10.1. The topological polar surface area (TPSA) is 47.2 Å². The van der Waals surface area contributed by atoms with E-state index in [1.165, 1.54) is 10.5 Å². The van der Waals surface area contributed by atoms with Gasteiger partial charge in [-0.25, -0.2) is 0 Å². The van der Waals surface area contributed by atoms with Gasteiger partial charge in [0.1, 0.15) is 31.9 Å². The lowest BCUT2D eigenvalue weighted by Crippen LogP contribution is -3.28. The molecule has 2 aromatic carbocycles. The Morgan fingerprint density at radius 3 is 2.36 bits per heavy atom. The number of carbonyl (C=O) groups is 1. The summed E-state index contributed by atoms with van der Waals surface area (Å²) in [7, 11) is 0. The van der Waals surface area contributed by atoms with Crippen molar-refractivity contribution in [1.82, 2.24) is 0 Å². The van der Waals surface area contributed by atoms with Crippen molar-refractivity contribution < 1.29 is 19.3 Å². The van der Waals surface area contributed by atoms with Gasteiger partial charge in [0.15, 0.2) is 6.54 Å². The first-order valence-corrected chi connectivity index (χ1v) is 10.1. The molecule has 148 valence electrons. The van der Waals surface area contributed by atoms with Gasteiger partial charge in [-0.3, -0.25) is 4.79 Å². The van der Waals surface area contributed by atoms with Crippen LogP contribution in [-0.4, -0.2) is 51.8 Å². The number of carbonyl (C=O) groups excluding carboxylic acids is 1. The fourth-order valence-electron chi connectivity index (χ4n) is 3.50. The summed E-state index contributed by atoms with van der Waals surface area (Å²) in [6.45, 7) is 8.44. The fourth-order valence-corrected chi connectivity index (χ4v) is 3.50. The van der Waals surface area contributed by atoms with Gasteiger partial charge in [0.25, 0.3) is 5.91 Å². The van der Waals surface area contributed by atoms with Crippen LogP contribution in [0.15, 0.2) is 60.7 Å². The van der Waals surface area contributed by atoms with Gasteiger partial charge >= 0.3 is 0 Å². The second kappa shape index (κ2) is 10.6. The molecule has 5 nitrogen and oxygen atoms in total. The molecule has 3 N–H and O–H groups in total. The lowest BCUT2D eigenvalue weighted by molar-refractivity contribution is -1.01. The highest BCUT2D eigenvalue weighted by molar-refractivity contribution is 5.91. The summed E-state index contributed by atoms with van der Waals surface area (Å²) in [6.07, 6.45) is 4.45. The largest absolute Gasteiger partial charge is 0.494 e. The van der Waals surface area contributed by atoms with Gasteiger partial charge in [-0.2, -0.15) is 0 Å². The van der Waals surface area contributed by atoms with Gasteiger partial charge in [0, 0.05) is 5.69 Å². The van der Waals surface area contributed by atoms with Gasteiger partial charge in [0.05, 0.1) is 13.2 Å². The standard InChI is InChI=1S/C23H29N3O2/c1-2-28-22-12-10-21(11-13-22)24-23(27)19-26-17-15-25(16-18-26)14-6-9-20-7-4-3-5-8-20/h3-13H,2,14-19H2,1H3,(H,24,27)/p+2/b9-6+. The van der Waals surface area contributed by atoms with E-state index in [0.717, 1.165) is 44.2 Å². The number of ether oxygens (including phenoxy) is 1. The average molecular weight is 382 g/mol. The van der Waals surface area contributed by atoms with Crippen LogP contribution in [0, 0.1) is 0 Å². The Bertz CT molecular complexity index is 751. The van der Waals surface area contributed by atoms with Crippen molar-refractivity contribution in [2.45, 2.75) is 6.92 Å². The molecule has 0 aromatic heterocycles. The number of quaternary nitrogens is 2. The highest BCUT2D eigenvalue weighted by atomic mass is 16.5. The summed E-state index contributed by atoms with van der Waals surface area (Å²) in [5, 5.41) is 2.99. The average Bonchev–Trinajstić information content (AvgIpc) is 2.72. The first kappa shape index (κ1) is 20.1. The molecule has 1 aliphatic rings. The van der Waals surface area contributed by atoms with E-state index in [9.17, 15) is 4.79 Å². The number of hydrogen-bond donors (Lipinski definition) is 3. The third-order valence-electron chi connectivity index (χ3n) is 5.04. The Kier molecular flexibility index (Phi) is 7.64. The minimum Gasteiger partial charge on any atom is -0.494 e. The van der Waals surface area contributed by atoms with E-state index in [2.05, 4.69) is 41.7 Å². The molecule has 1 fully saturated rings. The Morgan fingerprint density at radius 1 is 1.00 bits per heavy atom. The molecule has 2 aromatic rings. The molecule has 0 saturated carbocycles. The molecule has 1 aliphatic heterocycles. The Labute approximate surface area is 167 Å². The van der Waals surface area contributed by atoms with Crippen LogP contribution in [0.3, 0.4) is 0 Å². The minimum absolute atomic E-state index is 0.0755. The maximum Gasteiger partial charge on any atom is 0.279 e. The van der Waals surface area contributed by atoms with E-state index < -0.39 is 0 Å². The van der Waals surface area contributed by atoms with E-state index in [4.69, 9.17) is 4.74 Å². The second-order valence-electron chi connectivity index (χ2n) is 7.20. The van der Waals surface area contributed by atoms with Gasteiger partial charge in [-0.15, -0.1) is 0 Å². The number of benzene rings is 2. The van der Waals surface area contributed by atoms with E-state index in [0.29, 0.717) is 13.2 Å². The maximum absolute atomic E-state index is 12.3. The highest BCUT2D eigenvalue weighted by Gasteiger charge is 2.23. The van der Waals surface area contributed by atoms with E-state index in [-0.39, 0.29) is 5.91 Å². The van der Waals surface area contributed by atoms with Crippen LogP contribution in [0.25, 0.3) is 6.08 Å². The lowest BCUT2D eigenvalue weighted by atomic mass is 10.2. The number of amides is 1. The van der Waals surface area contributed by atoms with Crippen LogP contribution >= 0.6 is 0 Å². The van der Waals surface area contributed by atoms with Crippen LogP contribution in [0.5, 0.6) is 5.75 Å². The molecular formula is C23H31N3O2+2. The molecule has 0 aliphatic carbocycles. The van der Waals surface area contributed by atoms with E-state index >= 15 is 0 Å². The van der Waals surface area contributed by atoms with Crippen LogP contribution in [0.4, 0.5) is 5.69 Å². The van der Waals surface area contributed by atoms with Gasteiger partial charge in [-0.1, -0.05) is 36.4 Å². The maximum atomic E-state index is 12.3. The summed E-state index contributed by atoms with van der Waals surface area (Å²) in [6, 6.07) is 18.0.